The van der Waals surface area contributed by atoms with Crippen LogP contribution in [0.25, 0.3) is 10.9 Å². The topological polar surface area (TPSA) is 67.8 Å². The van der Waals surface area contributed by atoms with E-state index in [4.69, 9.17) is 0 Å². The predicted octanol–water partition coefficient (Wildman–Crippen LogP) is 2.65. The minimum atomic E-state index is -0.260. The normalized spacial score (nSPS) is 10.6. The van der Waals surface area contributed by atoms with Gasteiger partial charge >= 0.3 is 0 Å². The molecule has 1 aromatic carbocycles. The Balaban J connectivity index is 1.98. The zero-order valence-corrected chi connectivity index (χ0v) is 10.9. The van der Waals surface area contributed by atoms with E-state index in [0.717, 1.165) is 15.8 Å². The van der Waals surface area contributed by atoms with Crippen LogP contribution in [-0.4, -0.2) is 20.5 Å². The molecule has 0 aliphatic carbocycles. The molecule has 2 heterocycles. The average Bonchev–Trinajstić information content (AvgIpc) is 2.85. The van der Waals surface area contributed by atoms with Gasteiger partial charge in [-0.2, -0.15) is 0 Å². The van der Waals surface area contributed by atoms with Crippen LogP contribution in [0.15, 0.2) is 36.5 Å². The zero-order chi connectivity index (χ0) is 13.2. The average molecular weight is 270 g/mol. The van der Waals surface area contributed by atoms with Gasteiger partial charge in [0.15, 0.2) is 5.69 Å². The smallest absolute Gasteiger partial charge is 0.277 e. The summed E-state index contributed by atoms with van der Waals surface area (Å²) in [5.74, 6) is -0.260. The number of pyridine rings is 1. The van der Waals surface area contributed by atoms with E-state index < -0.39 is 0 Å². The van der Waals surface area contributed by atoms with Crippen LogP contribution < -0.4 is 5.32 Å². The molecule has 1 N–H and O–H groups in total. The van der Waals surface area contributed by atoms with Crippen molar-refractivity contribution in [2.45, 2.75) is 6.92 Å². The predicted molar refractivity (Wildman–Crippen MR) is 74.3 cm³/mol. The first kappa shape index (κ1) is 11.7. The van der Waals surface area contributed by atoms with Crippen LogP contribution in [0.2, 0.25) is 0 Å². The highest BCUT2D eigenvalue weighted by atomic mass is 32.1. The number of carbonyl (C=O) groups is 1. The third-order valence-electron chi connectivity index (χ3n) is 2.75. The molecule has 0 aliphatic heterocycles. The first-order valence-electron chi connectivity index (χ1n) is 5.70. The molecule has 1 amide bonds. The highest BCUT2D eigenvalue weighted by Gasteiger charge is 2.14. The van der Waals surface area contributed by atoms with Crippen molar-refractivity contribution in [1.29, 1.82) is 0 Å². The van der Waals surface area contributed by atoms with Gasteiger partial charge in [-0.1, -0.05) is 22.7 Å². The van der Waals surface area contributed by atoms with E-state index in [2.05, 4.69) is 19.9 Å². The van der Waals surface area contributed by atoms with Crippen LogP contribution in [0, 0.1) is 6.92 Å². The van der Waals surface area contributed by atoms with Gasteiger partial charge in [-0.15, -0.1) is 5.10 Å². The molecule has 0 atom stereocenters. The summed E-state index contributed by atoms with van der Waals surface area (Å²) in [6.45, 7) is 1.82. The van der Waals surface area contributed by atoms with Crippen molar-refractivity contribution in [2.75, 3.05) is 5.32 Å². The largest absolute Gasteiger partial charge is 0.319 e. The standard InChI is InChI=1S/C13H10N4OS/c1-8-11(16-17-19-8)13(18)15-10-6-2-4-9-5-3-7-14-12(9)10/h2-7H,1H3,(H,15,18). The molecule has 94 valence electrons. The van der Waals surface area contributed by atoms with E-state index in [1.54, 1.807) is 6.20 Å². The number of benzene rings is 1. The Bertz CT molecular complexity index is 748. The Labute approximate surface area is 113 Å². The van der Waals surface area contributed by atoms with E-state index in [-0.39, 0.29) is 5.91 Å². The number of amides is 1. The molecule has 3 rings (SSSR count). The third-order valence-corrected chi connectivity index (χ3v) is 3.38. The van der Waals surface area contributed by atoms with Gasteiger partial charge in [-0.3, -0.25) is 9.78 Å². The van der Waals surface area contributed by atoms with Crippen molar-refractivity contribution in [1.82, 2.24) is 14.6 Å². The van der Waals surface area contributed by atoms with Gasteiger partial charge in [-0.05, 0) is 30.6 Å². The van der Waals surface area contributed by atoms with Gasteiger partial charge < -0.3 is 5.32 Å². The van der Waals surface area contributed by atoms with Crippen LogP contribution in [0.4, 0.5) is 5.69 Å². The number of aromatic nitrogens is 3. The highest BCUT2D eigenvalue weighted by molar-refractivity contribution is 7.05. The van der Waals surface area contributed by atoms with E-state index in [0.29, 0.717) is 11.4 Å². The van der Waals surface area contributed by atoms with Gasteiger partial charge in [0.1, 0.15) is 0 Å². The molecule has 0 radical (unpaired) electrons. The molecule has 0 saturated heterocycles. The van der Waals surface area contributed by atoms with Crippen molar-refractivity contribution < 1.29 is 4.79 Å². The third kappa shape index (κ3) is 2.17. The Morgan fingerprint density at radius 3 is 2.89 bits per heavy atom. The minimum Gasteiger partial charge on any atom is -0.319 e. The maximum absolute atomic E-state index is 12.1. The number of anilines is 1. The van der Waals surface area contributed by atoms with Gasteiger partial charge in [0.05, 0.1) is 16.1 Å². The molecule has 0 unspecified atom stereocenters. The second-order valence-corrected chi connectivity index (χ2v) is 4.97. The summed E-state index contributed by atoms with van der Waals surface area (Å²) in [6, 6.07) is 9.47. The quantitative estimate of drug-likeness (QED) is 0.777. The fourth-order valence-corrected chi connectivity index (χ4v) is 2.29. The Kier molecular flexibility index (Phi) is 2.92. The van der Waals surface area contributed by atoms with Crippen molar-refractivity contribution in [3.05, 3.63) is 47.1 Å². The number of carbonyl (C=O) groups excluding carboxylic acids is 1. The summed E-state index contributed by atoms with van der Waals surface area (Å²) >= 11 is 1.21. The molecule has 5 nitrogen and oxygen atoms in total. The fourth-order valence-electron chi connectivity index (χ4n) is 1.83. The molecule has 0 bridgehead atoms. The Morgan fingerprint density at radius 2 is 2.11 bits per heavy atom. The molecule has 6 heteroatoms. The number of hydrogen-bond donors (Lipinski definition) is 1. The maximum atomic E-state index is 12.1. The summed E-state index contributed by atoms with van der Waals surface area (Å²) in [5, 5.41) is 7.64. The first-order valence-corrected chi connectivity index (χ1v) is 6.47. The summed E-state index contributed by atoms with van der Waals surface area (Å²) in [6.07, 6.45) is 1.70. The lowest BCUT2D eigenvalue weighted by molar-refractivity contribution is 0.102. The van der Waals surface area contributed by atoms with Crippen molar-refractivity contribution >= 4 is 34.0 Å². The SMILES string of the molecule is Cc1snnc1C(=O)Nc1cccc2cccnc12. The lowest BCUT2D eigenvalue weighted by atomic mass is 10.2. The second-order valence-electron chi connectivity index (χ2n) is 4.01. The molecular weight excluding hydrogens is 260 g/mol. The minimum absolute atomic E-state index is 0.260. The van der Waals surface area contributed by atoms with E-state index in [1.165, 1.54) is 11.5 Å². The number of fused-ring (bicyclic) bond motifs is 1. The fraction of sp³-hybridized carbons (Fsp3) is 0.0769. The maximum Gasteiger partial charge on any atom is 0.277 e. The Morgan fingerprint density at radius 1 is 1.26 bits per heavy atom. The van der Waals surface area contributed by atoms with Gasteiger partial charge in [0.25, 0.3) is 5.91 Å². The summed E-state index contributed by atoms with van der Waals surface area (Å²) in [5.41, 5.74) is 1.80. The van der Waals surface area contributed by atoms with Crippen molar-refractivity contribution in [3.8, 4) is 0 Å². The number of aryl methyl sites for hydroxylation is 1. The lowest BCUT2D eigenvalue weighted by Crippen LogP contribution is -2.14. The summed E-state index contributed by atoms with van der Waals surface area (Å²) in [7, 11) is 0. The number of rotatable bonds is 2. The van der Waals surface area contributed by atoms with Crippen molar-refractivity contribution in [2.24, 2.45) is 0 Å². The monoisotopic (exact) mass is 270 g/mol. The summed E-state index contributed by atoms with van der Waals surface area (Å²) < 4.78 is 3.76. The van der Waals surface area contributed by atoms with E-state index in [1.807, 2.05) is 37.3 Å². The molecule has 0 spiro atoms. The van der Waals surface area contributed by atoms with Crippen LogP contribution in [0.5, 0.6) is 0 Å². The Hall–Kier alpha value is -2.34. The van der Waals surface area contributed by atoms with E-state index >= 15 is 0 Å². The number of nitrogens with zero attached hydrogens (tertiary/aromatic N) is 3. The van der Waals surface area contributed by atoms with Gasteiger partial charge in [0.2, 0.25) is 0 Å². The molecule has 2 aromatic heterocycles. The molecule has 3 aromatic rings. The first-order chi connectivity index (χ1) is 9.25. The number of nitrogens with one attached hydrogen (secondary N) is 1. The number of hydrogen-bond acceptors (Lipinski definition) is 5. The van der Waals surface area contributed by atoms with Crippen LogP contribution >= 0.6 is 11.5 Å². The molecule has 19 heavy (non-hydrogen) atoms. The molecule has 0 fully saturated rings. The van der Waals surface area contributed by atoms with Crippen LogP contribution in [0.3, 0.4) is 0 Å². The highest BCUT2D eigenvalue weighted by Crippen LogP contribution is 2.21. The molecule has 0 saturated carbocycles. The zero-order valence-electron chi connectivity index (χ0n) is 10.1. The van der Waals surface area contributed by atoms with Crippen molar-refractivity contribution in [3.63, 3.8) is 0 Å². The van der Waals surface area contributed by atoms with E-state index in [9.17, 15) is 4.79 Å². The van der Waals surface area contributed by atoms with Crippen LogP contribution in [0.1, 0.15) is 15.4 Å². The number of para-hydroxylation sites is 1. The van der Waals surface area contributed by atoms with Crippen LogP contribution in [-0.2, 0) is 0 Å². The molecular formula is C13H10N4OS. The van der Waals surface area contributed by atoms with Gasteiger partial charge in [0, 0.05) is 11.6 Å². The molecule has 0 aliphatic rings. The lowest BCUT2D eigenvalue weighted by Gasteiger charge is -2.06. The summed E-state index contributed by atoms with van der Waals surface area (Å²) in [4.78, 5) is 17.2. The second kappa shape index (κ2) is 4.74. The van der Waals surface area contributed by atoms with Gasteiger partial charge in [-0.25, -0.2) is 0 Å².